The quantitative estimate of drug-likeness (QED) is 0.852. The van der Waals surface area contributed by atoms with E-state index < -0.39 is 0 Å². The summed E-state index contributed by atoms with van der Waals surface area (Å²) in [4.78, 5) is 13.7. The Balaban J connectivity index is 2.14. The molecule has 1 heterocycles. The topological polar surface area (TPSA) is 44.4 Å². The van der Waals surface area contributed by atoms with Gasteiger partial charge in [-0.3, -0.25) is 4.79 Å². The van der Waals surface area contributed by atoms with E-state index in [1.54, 1.807) is 19.0 Å². The maximum absolute atomic E-state index is 12.1. The van der Waals surface area contributed by atoms with Crippen LogP contribution >= 0.6 is 0 Å². The molecule has 1 aliphatic heterocycles. The van der Waals surface area contributed by atoms with Crippen LogP contribution in [0.15, 0.2) is 24.3 Å². The van der Waals surface area contributed by atoms with Gasteiger partial charge in [-0.25, -0.2) is 0 Å². The largest absolute Gasteiger partial charge is 0.382 e. The molecule has 1 fully saturated rings. The van der Waals surface area contributed by atoms with Gasteiger partial charge in [-0.05, 0) is 38.1 Å². The molecule has 2 N–H and O–H groups in total. The van der Waals surface area contributed by atoms with Crippen LogP contribution in [0.5, 0.6) is 0 Å². The van der Waals surface area contributed by atoms with Gasteiger partial charge in [0.1, 0.15) is 0 Å². The highest BCUT2D eigenvalue weighted by Gasteiger charge is 2.17. The number of piperidine rings is 1. The summed E-state index contributed by atoms with van der Waals surface area (Å²) >= 11 is 0. The number of anilines is 1. The number of para-hydroxylation sites is 1. The lowest BCUT2D eigenvalue weighted by molar-refractivity contribution is 0.0828. The number of carbonyl (C=O) groups is 1. The molecule has 1 aromatic carbocycles. The highest BCUT2D eigenvalue weighted by molar-refractivity contribution is 5.99. The van der Waals surface area contributed by atoms with Gasteiger partial charge in [0.25, 0.3) is 5.91 Å². The van der Waals surface area contributed by atoms with Crippen LogP contribution in [0, 0.1) is 0 Å². The van der Waals surface area contributed by atoms with Crippen molar-refractivity contribution in [2.75, 3.05) is 32.5 Å². The van der Waals surface area contributed by atoms with Crippen LogP contribution in [0.25, 0.3) is 0 Å². The summed E-state index contributed by atoms with van der Waals surface area (Å²) in [7, 11) is 3.56. The molecule has 1 aromatic rings. The van der Waals surface area contributed by atoms with Gasteiger partial charge in [0.2, 0.25) is 0 Å². The molecule has 4 heteroatoms. The molecule has 1 saturated heterocycles. The van der Waals surface area contributed by atoms with Gasteiger partial charge in [0, 0.05) is 25.8 Å². The van der Waals surface area contributed by atoms with Crippen LogP contribution in [0.3, 0.4) is 0 Å². The lowest BCUT2D eigenvalue weighted by Crippen LogP contribution is -2.36. The minimum Gasteiger partial charge on any atom is -0.382 e. The molecule has 4 nitrogen and oxygen atoms in total. The Morgan fingerprint density at radius 3 is 2.61 bits per heavy atom. The third-order valence-corrected chi connectivity index (χ3v) is 3.26. The fourth-order valence-electron chi connectivity index (χ4n) is 2.22. The monoisotopic (exact) mass is 247 g/mol. The van der Waals surface area contributed by atoms with E-state index in [1.165, 1.54) is 0 Å². The fourth-order valence-corrected chi connectivity index (χ4v) is 2.22. The molecule has 0 atom stereocenters. The van der Waals surface area contributed by atoms with Gasteiger partial charge in [-0.15, -0.1) is 0 Å². The average Bonchev–Trinajstić information content (AvgIpc) is 2.39. The van der Waals surface area contributed by atoms with Gasteiger partial charge in [-0.2, -0.15) is 0 Å². The number of hydrogen-bond acceptors (Lipinski definition) is 3. The van der Waals surface area contributed by atoms with E-state index in [1.807, 2.05) is 24.3 Å². The molecule has 0 spiro atoms. The van der Waals surface area contributed by atoms with E-state index in [-0.39, 0.29) is 5.91 Å². The van der Waals surface area contributed by atoms with Crippen molar-refractivity contribution in [2.24, 2.45) is 0 Å². The molecular weight excluding hydrogens is 226 g/mol. The maximum atomic E-state index is 12.1. The lowest BCUT2D eigenvalue weighted by Gasteiger charge is -2.26. The minimum absolute atomic E-state index is 0.0482. The van der Waals surface area contributed by atoms with Crippen molar-refractivity contribution >= 4 is 11.6 Å². The molecule has 0 saturated carbocycles. The molecular formula is C14H21N3O. The number of nitrogens with zero attached hydrogens (tertiary/aromatic N) is 1. The number of carbonyl (C=O) groups excluding carboxylic acids is 1. The van der Waals surface area contributed by atoms with Gasteiger partial charge in [-0.1, -0.05) is 12.1 Å². The molecule has 0 radical (unpaired) electrons. The molecule has 0 aromatic heterocycles. The van der Waals surface area contributed by atoms with E-state index >= 15 is 0 Å². The van der Waals surface area contributed by atoms with Crippen molar-refractivity contribution in [1.29, 1.82) is 0 Å². The van der Waals surface area contributed by atoms with Crippen LogP contribution in [0.1, 0.15) is 23.2 Å². The van der Waals surface area contributed by atoms with E-state index in [4.69, 9.17) is 0 Å². The first-order valence-electron chi connectivity index (χ1n) is 6.46. The lowest BCUT2D eigenvalue weighted by atomic mass is 10.0. The molecule has 98 valence electrons. The first-order chi connectivity index (χ1) is 8.68. The van der Waals surface area contributed by atoms with Gasteiger partial charge < -0.3 is 15.5 Å². The second-order valence-electron chi connectivity index (χ2n) is 4.91. The Hall–Kier alpha value is -1.55. The van der Waals surface area contributed by atoms with Gasteiger partial charge in [0.15, 0.2) is 0 Å². The van der Waals surface area contributed by atoms with Crippen LogP contribution in [0.2, 0.25) is 0 Å². The van der Waals surface area contributed by atoms with Gasteiger partial charge >= 0.3 is 0 Å². The standard InChI is InChI=1S/C14H21N3O/c1-17(2)14(18)12-5-3-4-6-13(12)16-11-7-9-15-10-8-11/h3-6,11,15-16H,7-10H2,1-2H3. The predicted molar refractivity (Wildman–Crippen MR) is 74.0 cm³/mol. The number of nitrogens with one attached hydrogen (secondary N) is 2. The van der Waals surface area contributed by atoms with Crippen molar-refractivity contribution in [3.63, 3.8) is 0 Å². The Labute approximate surface area is 108 Å². The highest BCUT2D eigenvalue weighted by Crippen LogP contribution is 2.19. The van der Waals surface area contributed by atoms with E-state index in [9.17, 15) is 4.79 Å². The third-order valence-electron chi connectivity index (χ3n) is 3.26. The maximum Gasteiger partial charge on any atom is 0.255 e. The van der Waals surface area contributed by atoms with Crippen molar-refractivity contribution in [2.45, 2.75) is 18.9 Å². The number of amides is 1. The summed E-state index contributed by atoms with van der Waals surface area (Å²) in [5, 5.41) is 6.84. The summed E-state index contributed by atoms with van der Waals surface area (Å²) in [5.41, 5.74) is 1.70. The zero-order valence-corrected chi connectivity index (χ0v) is 11.1. The molecule has 0 aliphatic carbocycles. The number of rotatable bonds is 3. The second kappa shape index (κ2) is 5.87. The van der Waals surface area contributed by atoms with Crippen LogP contribution in [-0.2, 0) is 0 Å². The van der Waals surface area contributed by atoms with Crippen molar-refractivity contribution < 1.29 is 4.79 Å². The zero-order chi connectivity index (χ0) is 13.0. The summed E-state index contributed by atoms with van der Waals surface area (Å²) < 4.78 is 0. The summed E-state index contributed by atoms with van der Waals surface area (Å²) in [6, 6.07) is 8.20. The van der Waals surface area contributed by atoms with Crippen molar-refractivity contribution in [1.82, 2.24) is 10.2 Å². The third kappa shape index (κ3) is 3.01. The minimum atomic E-state index is 0.0482. The Morgan fingerprint density at radius 1 is 1.28 bits per heavy atom. The Bertz CT molecular complexity index is 411. The highest BCUT2D eigenvalue weighted by atomic mass is 16.2. The Morgan fingerprint density at radius 2 is 1.94 bits per heavy atom. The Kier molecular flexibility index (Phi) is 4.20. The zero-order valence-electron chi connectivity index (χ0n) is 11.1. The van der Waals surface area contributed by atoms with Crippen LogP contribution in [0.4, 0.5) is 5.69 Å². The van der Waals surface area contributed by atoms with Crippen LogP contribution < -0.4 is 10.6 Å². The molecule has 18 heavy (non-hydrogen) atoms. The molecule has 0 bridgehead atoms. The summed E-state index contributed by atoms with van der Waals surface area (Å²) in [6.07, 6.45) is 2.20. The van der Waals surface area contributed by atoms with Crippen LogP contribution in [-0.4, -0.2) is 44.0 Å². The normalized spacial score (nSPS) is 16.3. The van der Waals surface area contributed by atoms with Crippen molar-refractivity contribution in [3.05, 3.63) is 29.8 Å². The molecule has 1 amide bonds. The van der Waals surface area contributed by atoms with Gasteiger partial charge in [0.05, 0.1) is 5.56 Å². The SMILES string of the molecule is CN(C)C(=O)c1ccccc1NC1CCNCC1. The van der Waals surface area contributed by atoms with Crippen molar-refractivity contribution in [3.8, 4) is 0 Å². The van der Waals surface area contributed by atoms with E-state index in [0.717, 1.165) is 37.2 Å². The summed E-state index contributed by atoms with van der Waals surface area (Å²) in [6.45, 7) is 2.09. The second-order valence-corrected chi connectivity index (χ2v) is 4.91. The summed E-state index contributed by atoms with van der Waals surface area (Å²) in [5.74, 6) is 0.0482. The molecule has 0 unspecified atom stereocenters. The smallest absolute Gasteiger partial charge is 0.255 e. The molecule has 1 aliphatic rings. The van der Waals surface area contributed by atoms with E-state index in [0.29, 0.717) is 6.04 Å². The first kappa shape index (κ1) is 12.9. The first-order valence-corrected chi connectivity index (χ1v) is 6.46. The van der Waals surface area contributed by atoms with E-state index in [2.05, 4.69) is 10.6 Å². The predicted octanol–water partition coefficient (Wildman–Crippen LogP) is 1.55. The number of benzene rings is 1. The average molecular weight is 247 g/mol. The number of hydrogen-bond donors (Lipinski definition) is 2. The fraction of sp³-hybridized carbons (Fsp3) is 0.500. The molecule has 2 rings (SSSR count).